The van der Waals surface area contributed by atoms with Gasteiger partial charge in [-0.1, -0.05) is 47.5 Å². The Morgan fingerprint density at radius 2 is 1.88 bits per heavy atom. The normalized spacial score (nSPS) is 15.1. The molecule has 162 valence electrons. The fourth-order valence-electron chi connectivity index (χ4n) is 3.71. The zero-order valence-electron chi connectivity index (χ0n) is 17.3. The summed E-state index contributed by atoms with van der Waals surface area (Å²) >= 11 is 13.4. The van der Waals surface area contributed by atoms with Crippen LogP contribution < -0.4 is 14.8 Å². The SMILES string of the molecule is Cc1ccccc1-n1c(=O)/c(=C\c2ccc(Cl)cc2Cl)s/c1=C(\C#N)C(=O)N1CCCC1. The minimum absolute atomic E-state index is 0.0286. The van der Waals surface area contributed by atoms with Gasteiger partial charge in [0.1, 0.15) is 10.7 Å². The van der Waals surface area contributed by atoms with Gasteiger partial charge in [-0.2, -0.15) is 5.26 Å². The standard InChI is InChI=1S/C24H19Cl2N3O2S/c1-15-6-2-3-7-20(15)29-23(31)21(12-16-8-9-17(25)13-19(16)26)32-24(29)18(14-27)22(30)28-10-4-5-11-28/h2-3,6-9,12-13H,4-5,10-11H2,1H3/b21-12+,24-18+. The smallest absolute Gasteiger partial charge is 0.273 e. The van der Waals surface area contributed by atoms with Gasteiger partial charge in [-0.25, -0.2) is 0 Å². The van der Waals surface area contributed by atoms with E-state index in [4.69, 9.17) is 23.2 Å². The molecule has 1 aliphatic heterocycles. The molecular weight excluding hydrogens is 465 g/mol. The van der Waals surface area contributed by atoms with Gasteiger partial charge in [0.15, 0.2) is 5.57 Å². The van der Waals surface area contributed by atoms with Crippen LogP contribution >= 0.6 is 34.5 Å². The van der Waals surface area contributed by atoms with Crippen molar-refractivity contribution >= 4 is 52.1 Å². The Balaban J connectivity index is 2.05. The van der Waals surface area contributed by atoms with Crippen LogP contribution in [0.3, 0.4) is 0 Å². The fourth-order valence-corrected chi connectivity index (χ4v) is 5.25. The summed E-state index contributed by atoms with van der Waals surface area (Å²) in [7, 11) is 0. The van der Waals surface area contributed by atoms with Gasteiger partial charge < -0.3 is 4.90 Å². The number of aryl methyl sites for hydroxylation is 1. The van der Waals surface area contributed by atoms with E-state index >= 15 is 0 Å². The highest BCUT2D eigenvalue weighted by Gasteiger charge is 2.24. The third-order valence-electron chi connectivity index (χ3n) is 5.36. The predicted octanol–water partition coefficient (Wildman–Crippen LogP) is 3.64. The number of hydrogen-bond acceptors (Lipinski definition) is 4. The van der Waals surface area contributed by atoms with E-state index in [9.17, 15) is 14.9 Å². The number of para-hydroxylation sites is 1. The van der Waals surface area contributed by atoms with Gasteiger partial charge in [-0.05, 0) is 55.2 Å². The molecule has 5 nitrogen and oxygen atoms in total. The monoisotopic (exact) mass is 483 g/mol. The average Bonchev–Trinajstić information content (AvgIpc) is 3.40. The molecule has 0 saturated carbocycles. The summed E-state index contributed by atoms with van der Waals surface area (Å²) in [4.78, 5) is 28.3. The maximum absolute atomic E-state index is 13.5. The molecule has 0 aliphatic carbocycles. The number of carbonyl (C=O) groups is 1. The van der Waals surface area contributed by atoms with E-state index in [1.165, 1.54) is 4.57 Å². The lowest BCUT2D eigenvalue weighted by Gasteiger charge is -2.14. The number of likely N-dealkylation sites (tertiary alicyclic amines) is 1. The molecule has 1 aromatic heterocycles. The molecule has 1 saturated heterocycles. The number of aromatic nitrogens is 1. The maximum Gasteiger partial charge on any atom is 0.273 e. The van der Waals surface area contributed by atoms with E-state index in [0.717, 1.165) is 29.7 Å². The number of benzene rings is 2. The zero-order chi connectivity index (χ0) is 22.8. The first-order chi connectivity index (χ1) is 15.4. The number of carbonyl (C=O) groups excluding carboxylic acids is 1. The Kier molecular flexibility index (Phi) is 6.52. The first-order valence-electron chi connectivity index (χ1n) is 10.1. The van der Waals surface area contributed by atoms with E-state index in [1.807, 2.05) is 25.1 Å². The van der Waals surface area contributed by atoms with Crippen molar-refractivity contribution in [1.29, 1.82) is 5.26 Å². The molecule has 1 aliphatic rings. The predicted molar refractivity (Wildman–Crippen MR) is 129 cm³/mol. The third-order valence-corrected chi connectivity index (χ3v) is 7.02. The van der Waals surface area contributed by atoms with E-state index in [0.29, 0.717) is 43.6 Å². The van der Waals surface area contributed by atoms with Crippen LogP contribution in [-0.4, -0.2) is 28.5 Å². The topological polar surface area (TPSA) is 66.1 Å². The summed E-state index contributed by atoms with van der Waals surface area (Å²) in [5.74, 6) is -0.343. The minimum Gasteiger partial charge on any atom is -0.338 e. The number of nitrogens with zero attached hydrogens (tertiary/aromatic N) is 3. The number of hydrogen-bond donors (Lipinski definition) is 0. The summed E-state index contributed by atoms with van der Waals surface area (Å²) < 4.78 is 2.15. The second kappa shape index (κ2) is 9.33. The van der Waals surface area contributed by atoms with Crippen LogP contribution in [0.4, 0.5) is 0 Å². The molecule has 0 unspecified atom stereocenters. The lowest BCUT2D eigenvalue weighted by atomic mass is 10.2. The Hall–Kier alpha value is -2.85. The number of halogens is 2. The van der Waals surface area contributed by atoms with Gasteiger partial charge >= 0.3 is 0 Å². The fraction of sp³-hybridized carbons (Fsp3) is 0.208. The minimum atomic E-state index is -0.343. The molecule has 1 amide bonds. The largest absolute Gasteiger partial charge is 0.338 e. The Labute approximate surface area is 199 Å². The summed E-state index contributed by atoms with van der Waals surface area (Å²) in [6, 6.07) is 14.5. The molecule has 1 fully saturated rings. The van der Waals surface area contributed by atoms with Crippen LogP contribution in [0.15, 0.2) is 47.3 Å². The van der Waals surface area contributed by atoms with Gasteiger partial charge in [0.2, 0.25) is 0 Å². The molecule has 2 aromatic carbocycles. The molecule has 8 heteroatoms. The van der Waals surface area contributed by atoms with Crippen LogP contribution in [0.25, 0.3) is 17.3 Å². The molecular formula is C24H19Cl2N3O2S. The van der Waals surface area contributed by atoms with Crippen molar-refractivity contribution in [3.63, 3.8) is 0 Å². The summed E-state index contributed by atoms with van der Waals surface area (Å²) in [5, 5.41) is 10.8. The van der Waals surface area contributed by atoms with Crippen molar-refractivity contribution in [1.82, 2.24) is 9.47 Å². The third kappa shape index (κ3) is 4.24. The number of thiazole rings is 1. The zero-order valence-corrected chi connectivity index (χ0v) is 19.6. The number of nitriles is 1. The molecule has 32 heavy (non-hydrogen) atoms. The highest BCUT2D eigenvalue weighted by molar-refractivity contribution is 7.07. The van der Waals surface area contributed by atoms with E-state index < -0.39 is 0 Å². The Morgan fingerprint density at radius 1 is 1.16 bits per heavy atom. The average molecular weight is 484 g/mol. The van der Waals surface area contributed by atoms with Gasteiger partial charge in [-0.15, -0.1) is 11.3 Å². The first kappa shape index (κ1) is 22.3. The van der Waals surface area contributed by atoms with Crippen LogP contribution in [0.2, 0.25) is 10.0 Å². The van der Waals surface area contributed by atoms with Gasteiger partial charge in [0, 0.05) is 23.1 Å². The van der Waals surface area contributed by atoms with Crippen LogP contribution in [0.1, 0.15) is 24.0 Å². The Bertz CT molecular complexity index is 1430. The molecule has 0 atom stereocenters. The summed E-state index contributed by atoms with van der Waals surface area (Å²) in [6.07, 6.45) is 3.49. The molecule has 0 spiro atoms. The second-order valence-corrected chi connectivity index (χ2v) is 9.37. The molecule has 0 radical (unpaired) electrons. The quantitative estimate of drug-likeness (QED) is 0.570. The molecule has 4 rings (SSSR count). The van der Waals surface area contributed by atoms with E-state index in [-0.39, 0.29) is 17.0 Å². The molecule has 0 bridgehead atoms. The Morgan fingerprint density at radius 3 is 2.53 bits per heavy atom. The van der Waals surface area contributed by atoms with E-state index in [2.05, 4.69) is 6.07 Å². The first-order valence-corrected chi connectivity index (χ1v) is 11.7. The summed E-state index contributed by atoms with van der Waals surface area (Å²) in [6.45, 7) is 3.11. The van der Waals surface area contributed by atoms with Gasteiger partial charge in [0.05, 0.1) is 10.2 Å². The van der Waals surface area contributed by atoms with E-state index in [1.54, 1.807) is 35.2 Å². The number of amides is 1. The van der Waals surface area contributed by atoms with Crippen molar-refractivity contribution < 1.29 is 4.79 Å². The highest BCUT2D eigenvalue weighted by atomic mass is 35.5. The summed E-state index contributed by atoms with van der Waals surface area (Å²) in [5.41, 5.74) is 1.77. The highest BCUT2D eigenvalue weighted by Crippen LogP contribution is 2.21. The second-order valence-electron chi connectivity index (χ2n) is 7.49. The van der Waals surface area contributed by atoms with Crippen LogP contribution in [0.5, 0.6) is 0 Å². The molecule has 0 N–H and O–H groups in total. The van der Waals surface area contributed by atoms with Gasteiger partial charge in [0.25, 0.3) is 11.5 Å². The van der Waals surface area contributed by atoms with Crippen LogP contribution in [0, 0.1) is 18.3 Å². The van der Waals surface area contributed by atoms with Crippen molar-refractivity contribution in [2.75, 3.05) is 13.1 Å². The van der Waals surface area contributed by atoms with Crippen LogP contribution in [-0.2, 0) is 4.79 Å². The number of rotatable bonds is 3. The lowest BCUT2D eigenvalue weighted by Crippen LogP contribution is -2.35. The van der Waals surface area contributed by atoms with Crippen molar-refractivity contribution in [2.24, 2.45) is 0 Å². The van der Waals surface area contributed by atoms with Crippen molar-refractivity contribution in [2.45, 2.75) is 19.8 Å². The van der Waals surface area contributed by atoms with Crippen molar-refractivity contribution in [3.8, 4) is 11.8 Å². The van der Waals surface area contributed by atoms with Gasteiger partial charge in [-0.3, -0.25) is 14.2 Å². The maximum atomic E-state index is 13.5. The lowest BCUT2D eigenvalue weighted by molar-refractivity contribution is -0.123. The molecule has 2 heterocycles. The van der Waals surface area contributed by atoms with Crippen molar-refractivity contribution in [3.05, 3.63) is 83.2 Å². The molecule has 3 aromatic rings.